The van der Waals surface area contributed by atoms with Gasteiger partial charge in [-0.25, -0.2) is 0 Å². The Labute approximate surface area is 182 Å². The van der Waals surface area contributed by atoms with Crippen LogP contribution in [-0.2, 0) is 22.3 Å². The fourth-order valence-electron chi connectivity index (χ4n) is 4.04. The second-order valence-corrected chi connectivity index (χ2v) is 8.16. The molecule has 1 fully saturated rings. The molecule has 1 heterocycles. The van der Waals surface area contributed by atoms with Crippen LogP contribution in [0.3, 0.4) is 0 Å². The minimum absolute atomic E-state index is 0.440. The summed E-state index contributed by atoms with van der Waals surface area (Å²) in [5.41, 5.74) is 20.7. The van der Waals surface area contributed by atoms with Crippen LogP contribution in [0.15, 0.2) is 70.9 Å². The van der Waals surface area contributed by atoms with Gasteiger partial charge in [0.25, 0.3) is 0 Å². The third kappa shape index (κ3) is 6.48. The van der Waals surface area contributed by atoms with Crippen LogP contribution in [0.5, 0.6) is 0 Å². The lowest BCUT2D eigenvalue weighted by Gasteiger charge is -2.27. The van der Waals surface area contributed by atoms with Crippen LogP contribution in [-0.4, -0.2) is 30.1 Å². The van der Waals surface area contributed by atoms with Gasteiger partial charge >= 0.3 is 0 Å². The highest BCUT2D eigenvalue weighted by Gasteiger charge is 2.47. The van der Waals surface area contributed by atoms with Crippen LogP contribution < -0.4 is 0 Å². The average molecular weight is 421 g/mol. The molecule has 0 aliphatic carbocycles. The molecule has 0 aromatic heterocycles. The fourth-order valence-corrected chi connectivity index (χ4v) is 4.04. The Morgan fingerprint density at radius 2 is 1.16 bits per heavy atom. The van der Waals surface area contributed by atoms with E-state index in [4.69, 9.17) is 9.47 Å². The molecule has 8 heteroatoms. The van der Waals surface area contributed by atoms with Gasteiger partial charge < -0.3 is 9.47 Å². The summed E-state index contributed by atoms with van der Waals surface area (Å²) in [4.78, 5) is 6.12. The normalized spacial score (nSPS) is 21.5. The summed E-state index contributed by atoms with van der Waals surface area (Å²) in [6.07, 6.45) is 1.70. The lowest BCUT2D eigenvalue weighted by atomic mass is 9.92. The first kappa shape index (κ1) is 22.7. The third-order valence-corrected chi connectivity index (χ3v) is 5.47. The zero-order chi connectivity index (χ0) is 22.1. The van der Waals surface area contributed by atoms with Gasteiger partial charge in [0.2, 0.25) is 0 Å². The zero-order valence-electron chi connectivity index (χ0n) is 17.9. The molecule has 0 unspecified atom stereocenters. The minimum Gasteiger partial charge on any atom is -0.344 e. The molecule has 1 aliphatic heterocycles. The SMILES string of the molecule is CC1(C)O[C@@H]([C@@H](CCc2ccccc2)N=[N+]=[N-])[C@H]([C@@H](CCc2ccccc2)N=[N+]=[N-])O1. The molecule has 0 spiro atoms. The first-order chi connectivity index (χ1) is 15.0. The van der Waals surface area contributed by atoms with E-state index in [1.165, 1.54) is 0 Å². The molecule has 0 bridgehead atoms. The summed E-state index contributed by atoms with van der Waals surface area (Å²) >= 11 is 0. The molecule has 1 saturated heterocycles. The van der Waals surface area contributed by atoms with Crippen molar-refractivity contribution >= 4 is 0 Å². The molecule has 2 aromatic carbocycles. The van der Waals surface area contributed by atoms with Crippen molar-refractivity contribution in [2.75, 3.05) is 0 Å². The lowest BCUT2D eigenvalue weighted by molar-refractivity contribution is -0.149. The van der Waals surface area contributed by atoms with Gasteiger partial charge in [-0.15, -0.1) is 0 Å². The predicted octanol–water partition coefficient (Wildman–Crippen LogP) is 6.13. The van der Waals surface area contributed by atoms with Gasteiger partial charge in [0, 0.05) is 9.82 Å². The minimum atomic E-state index is -0.860. The smallest absolute Gasteiger partial charge is 0.163 e. The molecule has 2 aromatic rings. The second kappa shape index (κ2) is 10.8. The number of hydrogen-bond acceptors (Lipinski definition) is 4. The molecule has 0 radical (unpaired) electrons. The number of hydrogen-bond donors (Lipinski definition) is 0. The van der Waals surface area contributed by atoms with Crippen molar-refractivity contribution < 1.29 is 9.47 Å². The lowest BCUT2D eigenvalue weighted by Crippen LogP contribution is -2.41. The summed E-state index contributed by atoms with van der Waals surface area (Å²) in [7, 11) is 0. The van der Waals surface area contributed by atoms with Crippen molar-refractivity contribution in [2.45, 2.75) is 69.6 Å². The van der Waals surface area contributed by atoms with Gasteiger partial charge in [0.15, 0.2) is 5.79 Å². The number of nitrogens with zero attached hydrogens (tertiary/aromatic N) is 6. The fraction of sp³-hybridized carbons (Fsp3) is 0.478. The Balaban J connectivity index is 1.78. The molecule has 0 amide bonds. The Bertz CT molecular complexity index is 848. The number of aryl methyl sites for hydroxylation is 2. The maximum Gasteiger partial charge on any atom is 0.163 e. The van der Waals surface area contributed by atoms with Crippen molar-refractivity contribution in [3.63, 3.8) is 0 Å². The maximum absolute atomic E-state index is 9.18. The van der Waals surface area contributed by atoms with E-state index < -0.39 is 30.1 Å². The van der Waals surface area contributed by atoms with Gasteiger partial charge in [-0.05, 0) is 61.7 Å². The van der Waals surface area contributed by atoms with Crippen LogP contribution in [0.25, 0.3) is 20.9 Å². The molecule has 31 heavy (non-hydrogen) atoms. The molecule has 0 N–H and O–H groups in total. The van der Waals surface area contributed by atoms with Crippen LogP contribution in [0, 0.1) is 0 Å². The van der Waals surface area contributed by atoms with Gasteiger partial charge in [-0.1, -0.05) is 70.9 Å². The van der Waals surface area contributed by atoms with Gasteiger partial charge in [0.05, 0.1) is 24.3 Å². The first-order valence-corrected chi connectivity index (χ1v) is 10.5. The Morgan fingerprint density at radius 1 is 0.774 bits per heavy atom. The first-order valence-electron chi connectivity index (χ1n) is 10.5. The molecule has 3 rings (SSSR count). The molecule has 162 valence electrons. The van der Waals surface area contributed by atoms with E-state index in [9.17, 15) is 11.1 Å². The average Bonchev–Trinajstić information content (AvgIpc) is 3.10. The summed E-state index contributed by atoms with van der Waals surface area (Å²) in [5.74, 6) is -0.860. The van der Waals surface area contributed by atoms with Gasteiger partial charge in [-0.3, -0.25) is 0 Å². The van der Waals surface area contributed by atoms with Crippen LogP contribution in [0.4, 0.5) is 0 Å². The van der Waals surface area contributed by atoms with Crippen molar-refractivity contribution in [1.82, 2.24) is 0 Å². The molecule has 4 atom stereocenters. The van der Waals surface area contributed by atoms with E-state index in [0.717, 1.165) is 24.0 Å². The highest BCUT2D eigenvalue weighted by molar-refractivity contribution is 5.16. The number of benzene rings is 2. The van der Waals surface area contributed by atoms with E-state index >= 15 is 0 Å². The summed E-state index contributed by atoms with van der Waals surface area (Å²) in [6.45, 7) is 3.66. The van der Waals surface area contributed by atoms with Crippen molar-refractivity contribution in [2.24, 2.45) is 10.2 Å². The summed E-state index contributed by atoms with van der Waals surface area (Å²) in [6, 6.07) is 19.2. The zero-order valence-corrected chi connectivity index (χ0v) is 17.9. The van der Waals surface area contributed by atoms with E-state index in [-0.39, 0.29) is 0 Å². The summed E-state index contributed by atoms with van der Waals surface area (Å²) < 4.78 is 12.3. The van der Waals surface area contributed by atoms with Crippen LogP contribution in [0.2, 0.25) is 0 Å². The highest BCUT2D eigenvalue weighted by atomic mass is 16.8. The number of ether oxygens (including phenoxy) is 2. The topological polar surface area (TPSA) is 116 Å². The van der Waals surface area contributed by atoms with Gasteiger partial charge in [-0.2, -0.15) is 0 Å². The maximum atomic E-state index is 9.18. The molecular formula is C23H28N6O2. The third-order valence-electron chi connectivity index (χ3n) is 5.47. The van der Waals surface area contributed by atoms with E-state index in [2.05, 4.69) is 20.1 Å². The second-order valence-electron chi connectivity index (χ2n) is 8.16. The van der Waals surface area contributed by atoms with E-state index in [1.54, 1.807) is 0 Å². The van der Waals surface area contributed by atoms with Crippen molar-refractivity contribution in [1.29, 1.82) is 0 Å². The summed E-state index contributed by atoms with van der Waals surface area (Å²) in [5, 5.41) is 8.08. The van der Waals surface area contributed by atoms with Crippen molar-refractivity contribution in [3.05, 3.63) is 92.7 Å². The largest absolute Gasteiger partial charge is 0.344 e. The highest BCUT2D eigenvalue weighted by Crippen LogP contribution is 2.36. The number of azide groups is 2. The van der Waals surface area contributed by atoms with Crippen molar-refractivity contribution in [3.8, 4) is 0 Å². The van der Waals surface area contributed by atoms with E-state index in [0.29, 0.717) is 12.8 Å². The molecule has 0 saturated carbocycles. The molecule has 1 aliphatic rings. The molecule has 8 nitrogen and oxygen atoms in total. The number of rotatable bonds is 10. The predicted molar refractivity (Wildman–Crippen MR) is 119 cm³/mol. The molecular weight excluding hydrogens is 392 g/mol. The van der Waals surface area contributed by atoms with Gasteiger partial charge in [0.1, 0.15) is 0 Å². The standard InChI is InChI=1S/C23H28N6O2/c1-23(2)30-21(19(26-28-24)15-13-17-9-5-3-6-10-17)22(31-23)20(27-29-25)16-14-18-11-7-4-8-12-18/h3-12,19-22H,13-16H2,1-2H3/t19-,20-,21+,22+/m1/s1. The Morgan fingerprint density at radius 3 is 1.52 bits per heavy atom. The Kier molecular flexibility index (Phi) is 7.93. The van der Waals surface area contributed by atoms with Crippen LogP contribution in [0.1, 0.15) is 37.8 Å². The Hall–Kier alpha value is -3.02. The quantitative estimate of drug-likeness (QED) is 0.261. The van der Waals surface area contributed by atoms with Crippen LogP contribution >= 0.6 is 0 Å². The monoisotopic (exact) mass is 420 g/mol. The van der Waals surface area contributed by atoms with E-state index in [1.807, 2.05) is 74.5 Å².